The molecule has 0 aromatic carbocycles. The third kappa shape index (κ3) is 5.37. The second-order valence-electron chi connectivity index (χ2n) is 6.55. The minimum Gasteiger partial charge on any atom is -0.444 e. The Kier molecular flexibility index (Phi) is 5.62. The van der Waals surface area contributed by atoms with Crippen LogP contribution < -0.4 is 5.32 Å². The summed E-state index contributed by atoms with van der Waals surface area (Å²) in [7, 11) is 0. The van der Waals surface area contributed by atoms with E-state index in [4.69, 9.17) is 9.84 Å². The number of hydrogen-bond acceptors (Lipinski definition) is 4. The van der Waals surface area contributed by atoms with Crippen LogP contribution in [0.5, 0.6) is 0 Å². The molecule has 3 atom stereocenters. The zero-order chi connectivity index (χ0) is 14.6. The van der Waals surface area contributed by atoms with Crippen molar-refractivity contribution in [3.8, 4) is 0 Å². The third-order valence-corrected chi connectivity index (χ3v) is 3.38. The molecule has 1 rings (SSSR count). The summed E-state index contributed by atoms with van der Waals surface area (Å²) < 4.78 is 5.40. The van der Waals surface area contributed by atoms with Crippen molar-refractivity contribution in [2.75, 3.05) is 19.7 Å². The number of rotatable bonds is 3. The standard InChI is InChI=1S/C14H28N2O3/c1-10-6-7-16(13(18)19-14(3,4)5)8-12(10)15-11(2)9-17/h10-12,15,17H,6-9H2,1-5H3. The van der Waals surface area contributed by atoms with Crippen molar-refractivity contribution in [3.63, 3.8) is 0 Å². The van der Waals surface area contributed by atoms with Gasteiger partial charge in [0.1, 0.15) is 5.60 Å². The van der Waals surface area contributed by atoms with E-state index in [0.29, 0.717) is 12.5 Å². The van der Waals surface area contributed by atoms with Crippen LogP contribution in [-0.2, 0) is 4.74 Å². The molecule has 1 amide bonds. The van der Waals surface area contributed by atoms with Gasteiger partial charge in [-0.25, -0.2) is 4.79 Å². The molecular formula is C14H28N2O3. The highest BCUT2D eigenvalue weighted by molar-refractivity contribution is 5.68. The van der Waals surface area contributed by atoms with Crippen LogP contribution in [0.4, 0.5) is 4.79 Å². The van der Waals surface area contributed by atoms with Crippen LogP contribution in [0, 0.1) is 5.92 Å². The first-order valence-electron chi connectivity index (χ1n) is 7.07. The van der Waals surface area contributed by atoms with Gasteiger partial charge < -0.3 is 20.1 Å². The summed E-state index contributed by atoms with van der Waals surface area (Å²) in [6, 6.07) is 0.259. The largest absolute Gasteiger partial charge is 0.444 e. The maximum atomic E-state index is 12.0. The molecule has 0 saturated carbocycles. The fourth-order valence-corrected chi connectivity index (χ4v) is 2.20. The second-order valence-corrected chi connectivity index (χ2v) is 6.55. The van der Waals surface area contributed by atoms with Gasteiger partial charge in [-0.1, -0.05) is 6.92 Å². The average molecular weight is 272 g/mol. The third-order valence-electron chi connectivity index (χ3n) is 3.38. The minimum absolute atomic E-state index is 0.0473. The van der Waals surface area contributed by atoms with Gasteiger partial charge in [0.05, 0.1) is 6.61 Å². The maximum Gasteiger partial charge on any atom is 0.410 e. The predicted molar refractivity (Wildman–Crippen MR) is 75.1 cm³/mol. The molecule has 3 unspecified atom stereocenters. The number of aliphatic hydroxyl groups excluding tert-OH is 1. The van der Waals surface area contributed by atoms with Crippen LogP contribution in [0.1, 0.15) is 41.0 Å². The van der Waals surface area contributed by atoms with Crippen LogP contribution in [0.15, 0.2) is 0 Å². The minimum atomic E-state index is -0.457. The molecule has 2 N–H and O–H groups in total. The summed E-state index contributed by atoms with van der Waals surface area (Å²) >= 11 is 0. The van der Waals surface area contributed by atoms with Crippen LogP contribution in [-0.4, -0.2) is 53.5 Å². The average Bonchev–Trinajstić information content (AvgIpc) is 2.29. The molecule has 0 aliphatic carbocycles. The van der Waals surface area contributed by atoms with Crippen molar-refractivity contribution in [2.24, 2.45) is 5.92 Å². The van der Waals surface area contributed by atoms with Crippen molar-refractivity contribution in [1.29, 1.82) is 0 Å². The summed E-state index contributed by atoms with van der Waals surface area (Å²) in [6.45, 7) is 11.2. The molecule has 5 heteroatoms. The lowest BCUT2D eigenvalue weighted by atomic mass is 9.93. The fraction of sp³-hybridized carbons (Fsp3) is 0.929. The van der Waals surface area contributed by atoms with Crippen molar-refractivity contribution in [3.05, 3.63) is 0 Å². The van der Waals surface area contributed by atoms with Gasteiger partial charge in [-0.2, -0.15) is 0 Å². The van der Waals surface area contributed by atoms with Gasteiger partial charge in [-0.3, -0.25) is 0 Å². The highest BCUT2D eigenvalue weighted by Gasteiger charge is 2.31. The predicted octanol–water partition coefficient (Wildman–Crippen LogP) is 1.60. The number of likely N-dealkylation sites (tertiary alicyclic amines) is 1. The molecule has 0 radical (unpaired) electrons. The van der Waals surface area contributed by atoms with Crippen molar-refractivity contribution >= 4 is 6.09 Å². The Hall–Kier alpha value is -0.810. The molecule has 19 heavy (non-hydrogen) atoms. The summed E-state index contributed by atoms with van der Waals surface area (Å²) in [5.74, 6) is 0.493. The van der Waals surface area contributed by atoms with Crippen LogP contribution in [0.25, 0.3) is 0 Å². The molecule has 0 aromatic heterocycles. The quantitative estimate of drug-likeness (QED) is 0.819. The molecule has 0 bridgehead atoms. The smallest absolute Gasteiger partial charge is 0.410 e. The zero-order valence-electron chi connectivity index (χ0n) is 12.8. The molecule has 1 saturated heterocycles. The Labute approximate surface area is 116 Å². The Morgan fingerprint density at radius 1 is 1.53 bits per heavy atom. The first-order chi connectivity index (χ1) is 8.73. The molecule has 1 aliphatic heterocycles. The van der Waals surface area contributed by atoms with E-state index in [1.165, 1.54) is 0 Å². The molecule has 0 aromatic rings. The molecule has 0 spiro atoms. The van der Waals surface area contributed by atoms with Gasteiger partial charge in [-0.15, -0.1) is 0 Å². The van der Waals surface area contributed by atoms with Crippen molar-refractivity contribution in [2.45, 2.75) is 58.7 Å². The van der Waals surface area contributed by atoms with Gasteiger partial charge in [0.25, 0.3) is 0 Å². The Bertz CT molecular complexity index is 302. The number of aliphatic hydroxyl groups is 1. The van der Waals surface area contributed by atoms with E-state index in [2.05, 4.69) is 12.2 Å². The van der Waals surface area contributed by atoms with Gasteiger partial charge >= 0.3 is 6.09 Å². The maximum absolute atomic E-state index is 12.0. The molecule has 112 valence electrons. The van der Waals surface area contributed by atoms with Crippen molar-refractivity contribution < 1.29 is 14.6 Å². The van der Waals surface area contributed by atoms with Gasteiger partial charge in [-0.05, 0) is 40.0 Å². The highest BCUT2D eigenvalue weighted by atomic mass is 16.6. The zero-order valence-corrected chi connectivity index (χ0v) is 12.8. The lowest BCUT2D eigenvalue weighted by Gasteiger charge is -2.39. The van der Waals surface area contributed by atoms with E-state index in [-0.39, 0.29) is 24.8 Å². The monoisotopic (exact) mass is 272 g/mol. The first-order valence-corrected chi connectivity index (χ1v) is 7.07. The second kappa shape index (κ2) is 6.57. The van der Waals surface area contributed by atoms with E-state index >= 15 is 0 Å². The van der Waals surface area contributed by atoms with Crippen LogP contribution in [0.3, 0.4) is 0 Å². The number of hydrogen-bond donors (Lipinski definition) is 2. The SMILES string of the molecule is CC(CO)NC1CN(C(=O)OC(C)(C)C)CCC1C. The fourth-order valence-electron chi connectivity index (χ4n) is 2.20. The molecule has 5 nitrogen and oxygen atoms in total. The number of carbonyl (C=O) groups excluding carboxylic acids is 1. The van der Waals surface area contributed by atoms with E-state index < -0.39 is 5.60 Å². The highest BCUT2D eigenvalue weighted by Crippen LogP contribution is 2.20. The topological polar surface area (TPSA) is 61.8 Å². The number of ether oxygens (including phenoxy) is 1. The van der Waals surface area contributed by atoms with Crippen molar-refractivity contribution in [1.82, 2.24) is 10.2 Å². The van der Waals surface area contributed by atoms with Gasteiger partial charge in [0.15, 0.2) is 0 Å². The molecule has 1 aliphatic rings. The Morgan fingerprint density at radius 3 is 2.68 bits per heavy atom. The van der Waals surface area contributed by atoms with Crippen LogP contribution in [0.2, 0.25) is 0 Å². The lowest BCUT2D eigenvalue weighted by Crippen LogP contribution is -2.55. The first kappa shape index (κ1) is 16.2. The van der Waals surface area contributed by atoms with Gasteiger partial charge in [0.2, 0.25) is 0 Å². The van der Waals surface area contributed by atoms with E-state index in [1.54, 1.807) is 4.90 Å². The summed E-state index contributed by atoms with van der Waals surface area (Å²) in [6.07, 6.45) is 0.706. The summed E-state index contributed by atoms with van der Waals surface area (Å²) in [5.41, 5.74) is -0.457. The summed E-state index contributed by atoms with van der Waals surface area (Å²) in [5, 5.41) is 12.5. The number of nitrogens with zero attached hydrogens (tertiary/aromatic N) is 1. The van der Waals surface area contributed by atoms with E-state index in [9.17, 15) is 4.79 Å². The normalized spacial score (nSPS) is 26.1. The molecular weight excluding hydrogens is 244 g/mol. The van der Waals surface area contributed by atoms with E-state index in [0.717, 1.165) is 13.0 Å². The Balaban J connectivity index is 2.56. The molecule has 1 heterocycles. The number of nitrogens with one attached hydrogen (secondary N) is 1. The van der Waals surface area contributed by atoms with Crippen LogP contribution >= 0.6 is 0 Å². The van der Waals surface area contributed by atoms with E-state index in [1.807, 2.05) is 27.7 Å². The van der Waals surface area contributed by atoms with Gasteiger partial charge in [0, 0.05) is 25.2 Å². The number of carbonyl (C=O) groups is 1. The lowest BCUT2D eigenvalue weighted by molar-refractivity contribution is 0.0138. The summed E-state index contributed by atoms with van der Waals surface area (Å²) in [4.78, 5) is 13.8. The molecule has 1 fully saturated rings. The number of piperidine rings is 1. The number of amides is 1. The Morgan fingerprint density at radius 2 is 2.16 bits per heavy atom.